The molecule has 23 nitrogen and oxygen atoms in total. The number of nitrogen functional groups attached to an aromatic ring is 1. The SMILES string of the molecule is Br.C.COC(=O)c1cc(Cl)c(C)c(OC2CCCCC2)c1.COC(=O)c1cc(O)c(C)c(Cl)c1.COC(=O)c1cc(O)c(O)c(Cl)c1.COC(=O)c1ccc(N)cc1.COC(=O)c1ccc(NC(=O)c2cc(Cl)c(C)c(OC3CCCCC3)c2)cc1.Cc1c(Cl)cc(C(=O)O)cc1OC1CCCCC1.OC1CCCCC1.[Li+].[OH-]. The van der Waals surface area contributed by atoms with Gasteiger partial charge in [0.25, 0.3) is 5.91 Å². The van der Waals surface area contributed by atoms with Crippen LogP contribution in [0.15, 0.2) is 109 Å². The number of carboxylic acid groups (broad SMARTS) is 1. The number of nitrogens with one attached hydrogen (secondary N) is 1. The van der Waals surface area contributed by atoms with E-state index in [1.807, 2.05) is 20.8 Å². The number of halogens is 6. The number of aliphatic hydroxyl groups is 1. The Morgan fingerprint density at radius 3 is 1.00 bits per heavy atom. The van der Waals surface area contributed by atoms with Crippen LogP contribution in [0.3, 0.4) is 0 Å². The largest absolute Gasteiger partial charge is 1.00 e. The van der Waals surface area contributed by atoms with Gasteiger partial charge in [-0.1, -0.05) is 104 Å². The molecule has 0 atom stereocenters. The van der Waals surface area contributed by atoms with Gasteiger partial charge in [0, 0.05) is 59.3 Å². The third kappa shape index (κ3) is 34.1. The van der Waals surface area contributed by atoms with Gasteiger partial charge in [-0.2, -0.15) is 0 Å². The van der Waals surface area contributed by atoms with Crippen LogP contribution in [0.5, 0.6) is 34.5 Å². The Balaban J connectivity index is 0.000000678. The first-order chi connectivity index (χ1) is 51.9. The zero-order chi connectivity index (χ0) is 80.4. The van der Waals surface area contributed by atoms with Crippen molar-refractivity contribution in [3.63, 3.8) is 0 Å². The number of esters is 5. The molecule has 0 saturated heterocycles. The van der Waals surface area contributed by atoms with Crippen molar-refractivity contribution in [1.29, 1.82) is 0 Å². The van der Waals surface area contributed by atoms with E-state index in [0.29, 0.717) is 76.5 Å². The zero-order valence-corrected chi connectivity index (χ0v) is 70.0. The number of hydrogen-bond donors (Lipinski definition) is 7. The molecule has 30 heteroatoms. The average Bonchev–Trinajstić information content (AvgIpc) is 0.594. The number of rotatable bonds is 14. The van der Waals surface area contributed by atoms with Crippen LogP contribution in [-0.4, -0.2) is 133 Å². The molecule has 0 aromatic heterocycles. The van der Waals surface area contributed by atoms with Gasteiger partial charge in [0.1, 0.15) is 23.0 Å². The van der Waals surface area contributed by atoms with Gasteiger partial charge in [-0.05, 0) is 227 Å². The van der Waals surface area contributed by atoms with Crippen LogP contribution in [-0.2, 0) is 23.7 Å². The fraction of sp³-hybridized carbons (Fsp3) is 0.410. The number of aliphatic hydroxyl groups excluding tert-OH is 1. The summed E-state index contributed by atoms with van der Waals surface area (Å²) in [6.07, 6.45) is 23.7. The van der Waals surface area contributed by atoms with Crippen molar-refractivity contribution in [2.45, 2.75) is 188 Å². The molecule has 113 heavy (non-hydrogen) atoms. The number of methoxy groups -OCH3 is 5. The monoisotopic (exact) mass is 1720 g/mol. The minimum atomic E-state index is -0.981. The van der Waals surface area contributed by atoms with Crippen LogP contribution in [0.2, 0.25) is 25.1 Å². The second kappa shape index (κ2) is 53.1. The Morgan fingerprint density at radius 1 is 0.389 bits per heavy atom. The number of amides is 1. The predicted molar refractivity (Wildman–Crippen MR) is 441 cm³/mol. The molecule has 0 radical (unpaired) electrons. The summed E-state index contributed by atoms with van der Waals surface area (Å²) in [7, 11) is 6.51. The fourth-order valence-corrected chi connectivity index (χ4v) is 12.5. The van der Waals surface area contributed by atoms with E-state index in [0.717, 1.165) is 74.1 Å². The minimum absolute atomic E-state index is 0. The normalized spacial score (nSPS) is 13.6. The summed E-state index contributed by atoms with van der Waals surface area (Å²) in [6, 6.07) is 27.9. The molecule has 9 N–H and O–H groups in total. The summed E-state index contributed by atoms with van der Waals surface area (Å²) in [6.45, 7) is 7.32. The van der Waals surface area contributed by atoms with Crippen molar-refractivity contribution in [3.8, 4) is 34.5 Å². The van der Waals surface area contributed by atoms with Crippen molar-refractivity contribution < 1.29 is 121 Å². The molecule has 7 aromatic rings. The Bertz CT molecular complexity index is 4070. The molecule has 0 bridgehead atoms. The predicted octanol–water partition coefficient (Wildman–Crippen LogP) is 17.7. The number of carbonyl (C=O) groups excluding carboxylic acids is 6. The molecule has 11 rings (SSSR count). The van der Waals surface area contributed by atoms with E-state index in [9.17, 15) is 38.7 Å². The number of nitrogens with two attached hydrogens (primary N) is 1. The maximum atomic E-state index is 12.7. The van der Waals surface area contributed by atoms with Crippen molar-refractivity contribution in [2.75, 3.05) is 46.6 Å². The number of carbonyl (C=O) groups is 7. The number of phenolic OH excluding ortho intramolecular Hbond substituents is 3. The fourth-order valence-electron chi connectivity index (χ4n) is 11.5. The first-order valence-corrected chi connectivity index (χ1v) is 37.5. The molecule has 4 aliphatic carbocycles. The van der Waals surface area contributed by atoms with Gasteiger partial charge in [0.05, 0.1) is 98.4 Å². The second-order valence-electron chi connectivity index (χ2n) is 26.0. The zero-order valence-electron chi connectivity index (χ0n) is 64.5. The minimum Gasteiger partial charge on any atom is -0.870 e. The van der Waals surface area contributed by atoms with Gasteiger partial charge in [0.15, 0.2) is 11.5 Å². The molecular formula is C83H103BrCl5LiN2O21. The van der Waals surface area contributed by atoms with Crippen LogP contribution in [0.25, 0.3) is 0 Å². The Labute approximate surface area is 708 Å². The third-order valence-electron chi connectivity index (χ3n) is 18.0. The number of anilines is 2. The average molecular weight is 1730 g/mol. The maximum Gasteiger partial charge on any atom is 1.00 e. The van der Waals surface area contributed by atoms with E-state index < -0.39 is 41.3 Å². The number of benzene rings is 7. The van der Waals surface area contributed by atoms with Crippen LogP contribution in [0.1, 0.15) is 231 Å². The smallest absolute Gasteiger partial charge is 0.870 e. The molecule has 0 aliphatic heterocycles. The van der Waals surface area contributed by atoms with E-state index in [1.54, 1.807) is 85.8 Å². The first kappa shape index (κ1) is 103. The number of ether oxygens (including phenoxy) is 8. The molecule has 7 aromatic carbocycles. The van der Waals surface area contributed by atoms with Crippen LogP contribution in [0, 0.1) is 27.7 Å². The van der Waals surface area contributed by atoms with E-state index in [4.69, 9.17) is 103 Å². The summed E-state index contributed by atoms with van der Waals surface area (Å²) in [4.78, 5) is 79.6. The van der Waals surface area contributed by atoms with Gasteiger partial charge < -0.3 is 80.0 Å². The van der Waals surface area contributed by atoms with Crippen LogP contribution >= 0.6 is 75.0 Å². The molecule has 614 valence electrons. The Morgan fingerprint density at radius 2 is 0.673 bits per heavy atom. The summed E-state index contributed by atoms with van der Waals surface area (Å²) < 4.78 is 40.8. The summed E-state index contributed by atoms with van der Waals surface area (Å²) in [5.41, 5.74) is 12.0. The van der Waals surface area contributed by atoms with Crippen LogP contribution < -0.4 is 44.1 Å². The third-order valence-corrected chi connectivity index (χ3v) is 19.9. The number of hydrogen-bond acceptors (Lipinski definition) is 21. The number of carboxylic acids is 1. The van der Waals surface area contributed by atoms with Crippen LogP contribution in [0.4, 0.5) is 11.4 Å². The molecule has 4 fully saturated rings. The molecule has 0 unspecified atom stereocenters. The molecule has 0 spiro atoms. The summed E-state index contributed by atoms with van der Waals surface area (Å²) in [5, 5.41) is 49.9. The summed E-state index contributed by atoms with van der Waals surface area (Å²) >= 11 is 29.8. The molecule has 4 saturated carbocycles. The number of aromatic carboxylic acids is 1. The Kier molecular flexibility index (Phi) is 48.4. The van der Waals surface area contributed by atoms with E-state index in [2.05, 4.69) is 24.3 Å². The second-order valence-corrected chi connectivity index (χ2v) is 28.0. The Hall–Kier alpha value is -8.12. The van der Waals surface area contributed by atoms with Gasteiger partial charge in [-0.3, -0.25) is 4.79 Å². The van der Waals surface area contributed by atoms with E-state index in [1.165, 1.54) is 137 Å². The molecule has 4 aliphatic rings. The van der Waals surface area contributed by atoms with E-state index in [-0.39, 0.29) is 112 Å². The van der Waals surface area contributed by atoms with Gasteiger partial charge in [-0.15, -0.1) is 17.0 Å². The number of phenols is 3. The van der Waals surface area contributed by atoms with Crippen molar-refractivity contribution >= 4 is 128 Å². The maximum absolute atomic E-state index is 12.7. The van der Waals surface area contributed by atoms with Gasteiger partial charge in [-0.25, -0.2) is 28.8 Å². The molecule has 0 heterocycles. The van der Waals surface area contributed by atoms with Crippen molar-refractivity contribution in [3.05, 3.63) is 196 Å². The van der Waals surface area contributed by atoms with Crippen molar-refractivity contribution in [1.82, 2.24) is 0 Å². The first-order valence-electron chi connectivity index (χ1n) is 35.6. The quantitative estimate of drug-likeness (QED) is 0.0175. The summed E-state index contributed by atoms with van der Waals surface area (Å²) in [5.74, 6) is -2.53. The van der Waals surface area contributed by atoms with E-state index >= 15 is 0 Å². The molecular weight excluding hydrogens is 1630 g/mol. The topological polar surface area (TPSA) is 363 Å². The number of aromatic hydroxyl groups is 3. The van der Waals surface area contributed by atoms with Gasteiger partial charge >= 0.3 is 54.7 Å². The molecule has 1 amide bonds. The van der Waals surface area contributed by atoms with Crippen molar-refractivity contribution in [2.24, 2.45) is 0 Å². The standard InChI is InChI=1S/C22H24ClNO4.C15H19ClO3.C14H17ClO3.C9H9ClO3.C8H7ClO4.C8H9NO2.C6H12O.CH4.BrH.Li.H2O/c1-14-19(23)12-16(13-20(14)28-18-6-4-3-5-7-18)21(25)24-17-10-8-15(9-11-17)22(26)27-2;1-10-13(16)8-11(15(17)18-2)9-14(10)19-12-6-4-3-5-7-12;1-9-12(15)7-10(14(16)17)8-13(9)18-11-5-3-2-4-6-11;1-5-7(10)3-6(4-8(5)11)9(12)13-2;1-13-8(12)4-2-5(9)7(11)6(10)3-4;1-11-8(10)6-2-4-7(9)5-3-6;7-6-4-2-1-3-5-6;;;;/h8-13,18H,3-7H2,1-2H3,(H,24,25);8-9,12H,3-7H2,1-2H3;7-8,11H,2-6H2,1H3,(H,16,17);3-4,11H,1-2H3;2-3,10-11H,1H3;2-5H,9H2,1H3;6-7H,1-5H2;1H4;1H;;1H2/q;;;;;;;;;+1;/p-1. The van der Waals surface area contributed by atoms with Gasteiger partial charge in [0.2, 0.25) is 0 Å².